The molecule has 3 nitrogen and oxygen atoms in total. The van der Waals surface area contributed by atoms with Gasteiger partial charge in [0.1, 0.15) is 5.54 Å². The van der Waals surface area contributed by atoms with E-state index in [1.807, 2.05) is 0 Å². The average molecular weight is 322 g/mol. The number of nitrogens with zero attached hydrogens (tertiary/aromatic N) is 1. The summed E-state index contributed by atoms with van der Waals surface area (Å²) in [5.74, 6) is -0.602. The lowest BCUT2D eigenvalue weighted by atomic mass is 9.88. The van der Waals surface area contributed by atoms with E-state index in [-0.39, 0.29) is 6.42 Å². The van der Waals surface area contributed by atoms with Gasteiger partial charge in [-0.05, 0) is 30.2 Å². The third-order valence-electron chi connectivity index (χ3n) is 2.91. The van der Waals surface area contributed by atoms with Gasteiger partial charge in [-0.15, -0.1) is 3.89 Å². The summed E-state index contributed by atoms with van der Waals surface area (Å²) in [7, 11) is -4.54. The van der Waals surface area contributed by atoms with Crippen molar-refractivity contribution in [3.8, 4) is 0 Å². The summed E-state index contributed by atoms with van der Waals surface area (Å²) in [6.07, 6.45) is 4.97. The Morgan fingerprint density at radius 2 is 2.00 bits per heavy atom. The molecule has 2 rings (SSSR count). The molecule has 1 atom stereocenters. The zero-order chi connectivity index (χ0) is 14.1. The van der Waals surface area contributed by atoms with Crippen LogP contribution in [0.2, 0.25) is 10.0 Å². The SMILES string of the molecule is O=S(=O)(F)CCC1(c2ccc(Cl)c(Cl)c2)C=CC=N1. The van der Waals surface area contributed by atoms with E-state index in [1.165, 1.54) is 0 Å². The smallest absolute Gasteiger partial charge is 0.278 e. The van der Waals surface area contributed by atoms with Crippen LogP contribution in [0.15, 0.2) is 35.3 Å². The summed E-state index contributed by atoms with van der Waals surface area (Å²) in [6, 6.07) is 4.92. The number of hydrogen-bond acceptors (Lipinski definition) is 3. The molecular weight excluding hydrogens is 312 g/mol. The van der Waals surface area contributed by atoms with Crippen molar-refractivity contribution in [2.75, 3.05) is 5.75 Å². The largest absolute Gasteiger partial charge is 0.302 e. The summed E-state index contributed by atoms with van der Waals surface area (Å²) in [6.45, 7) is 0. The Labute approximate surface area is 121 Å². The van der Waals surface area contributed by atoms with E-state index in [9.17, 15) is 12.3 Å². The molecule has 1 aromatic carbocycles. The minimum Gasteiger partial charge on any atom is -0.278 e. The van der Waals surface area contributed by atoms with Gasteiger partial charge in [-0.25, -0.2) is 0 Å². The van der Waals surface area contributed by atoms with Crippen molar-refractivity contribution in [2.45, 2.75) is 12.0 Å². The molecule has 0 saturated heterocycles. The third kappa shape index (κ3) is 3.35. The Kier molecular flexibility index (Phi) is 3.99. The van der Waals surface area contributed by atoms with Crippen LogP contribution < -0.4 is 0 Å². The van der Waals surface area contributed by atoms with Crippen molar-refractivity contribution in [3.63, 3.8) is 0 Å². The quantitative estimate of drug-likeness (QED) is 0.796. The van der Waals surface area contributed by atoms with Gasteiger partial charge < -0.3 is 0 Å². The Balaban J connectivity index is 2.37. The first-order chi connectivity index (χ1) is 8.82. The second-order valence-corrected chi connectivity index (χ2v) is 6.48. The summed E-state index contributed by atoms with van der Waals surface area (Å²) in [5.41, 5.74) is -0.219. The standard InChI is InChI=1S/C12H10Cl2FNO2S/c13-10-3-2-9(8-11(10)14)12(4-1-6-16-12)5-7-19(15,17)18/h1-4,6,8H,5,7H2. The lowest BCUT2D eigenvalue weighted by Crippen LogP contribution is -2.22. The fraction of sp³-hybridized carbons (Fsp3) is 0.250. The van der Waals surface area contributed by atoms with Crippen molar-refractivity contribution in [1.82, 2.24) is 0 Å². The number of halogens is 3. The molecule has 0 amide bonds. The van der Waals surface area contributed by atoms with Crippen LogP contribution in [0, 0.1) is 0 Å². The topological polar surface area (TPSA) is 46.5 Å². The second kappa shape index (κ2) is 5.23. The highest BCUT2D eigenvalue weighted by molar-refractivity contribution is 7.86. The predicted molar refractivity (Wildman–Crippen MR) is 75.3 cm³/mol. The first-order valence-corrected chi connectivity index (χ1v) is 7.74. The Hall–Kier alpha value is -0.910. The fourth-order valence-corrected chi connectivity index (χ4v) is 2.78. The van der Waals surface area contributed by atoms with Gasteiger partial charge in [-0.2, -0.15) is 8.42 Å². The number of aliphatic imine (C=N–C) groups is 1. The maximum atomic E-state index is 12.7. The lowest BCUT2D eigenvalue weighted by Gasteiger charge is -2.24. The summed E-state index contributed by atoms with van der Waals surface area (Å²) >= 11 is 11.8. The van der Waals surface area contributed by atoms with E-state index in [2.05, 4.69) is 4.99 Å². The van der Waals surface area contributed by atoms with Gasteiger partial charge in [-0.3, -0.25) is 4.99 Å². The van der Waals surface area contributed by atoms with E-state index >= 15 is 0 Å². The molecule has 0 radical (unpaired) electrons. The number of rotatable bonds is 4. The minimum atomic E-state index is -4.54. The van der Waals surface area contributed by atoms with Gasteiger partial charge in [0.05, 0.1) is 15.8 Å². The third-order valence-corrected chi connectivity index (χ3v) is 4.34. The van der Waals surface area contributed by atoms with Crippen LogP contribution in [0.3, 0.4) is 0 Å². The highest BCUT2D eigenvalue weighted by Crippen LogP contribution is 2.37. The van der Waals surface area contributed by atoms with Crippen molar-refractivity contribution in [1.29, 1.82) is 0 Å². The van der Waals surface area contributed by atoms with Gasteiger partial charge in [-0.1, -0.05) is 35.3 Å². The molecule has 1 unspecified atom stereocenters. The summed E-state index contributed by atoms with van der Waals surface area (Å²) < 4.78 is 34.1. The van der Waals surface area contributed by atoms with Crippen molar-refractivity contribution in [2.24, 2.45) is 4.99 Å². The highest BCUT2D eigenvalue weighted by Gasteiger charge is 2.32. The van der Waals surface area contributed by atoms with Crippen LogP contribution in [0.25, 0.3) is 0 Å². The van der Waals surface area contributed by atoms with Crippen LogP contribution in [-0.2, 0) is 15.8 Å². The number of allylic oxidation sites excluding steroid dienone is 1. The minimum absolute atomic E-state index is 0.0107. The molecule has 102 valence electrons. The molecule has 0 saturated carbocycles. The molecule has 1 aliphatic heterocycles. The fourth-order valence-electron chi connectivity index (χ4n) is 1.93. The zero-order valence-corrected chi connectivity index (χ0v) is 12.0. The van der Waals surface area contributed by atoms with E-state index in [4.69, 9.17) is 23.2 Å². The molecule has 0 N–H and O–H groups in total. The van der Waals surface area contributed by atoms with Gasteiger partial charge in [0.25, 0.3) is 0 Å². The Morgan fingerprint density at radius 1 is 1.26 bits per heavy atom. The second-order valence-electron chi connectivity index (χ2n) is 4.18. The first kappa shape index (κ1) is 14.5. The zero-order valence-electron chi connectivity index (χ0n) is 9.68. The van der Waals surface area contributed by atoms with Crippen molar-refractivity contribution in [3.05, 3.63) is 46.0 Å². The predicted octanol–water partition coefficient (Wildman–Crippen LogP) is 3.52. The molecule has 1 aromatic rings. The molecule has 1 heterocycles. The number of benzene rings is 1. The first-order valence-electron chi connectivity index (χ1n) is 5.43. The van der Waals surface area contributed by atoms with Crippen LogP contribution >= 0.6 is 23.2 Å². The molecule has 1 aliphatic rings. The van der Waals surface area contributed by atoms with E-state index in [0.29, 0.717) is 15.6 Å². The molecular formula is C12H10Cl2FNO2S. The van der Waals surface area contributed by atoms with Crippen molar-refractivity contribution >= 4 is 39.6 Å². The van der Waals surface area contributed by atoms with E-state index in [0.717, 1.165) is 0 Å². The van der Waals surface area contributed by atoms with Gasteiger partial charge in [0.15, 0.2) is 0 Å². The number of hydrogen-bond donors (Lipinski definition) is 0. The Morgan fingerprint density at radius 3 is 2.53 bits per heavy atom. The lowest BCUT2D eigenvalue weighted by molar-refractivity contribution is 0.517. The summed E-state index contributed by atoms with van der Waals surface area (Å²) in [4.78, 5) is 4.24. The normalized spacial score (nSPS) is 22.1. The Bertz CT molecular complexity index is 644. The molecule has 7 heteroatoms. The molecule has 19 heavy (non-hydrogen) atoms. The molecule has 0 bridgehead atoms. The molecule has 0 fully saturated rings. The van der Waals surface area contributed by atoms with Crippen LogP contribution in [0.5, 0.6) is 0 Å². The average Bonchev–Trinajstić information content (AvgIpc) is 2.79. The molecule has 0 aliphatic carbocycles. The maximum absolute atomic E-state index is 12.7. The molecule has 0 aromatic heterocycles. The van der Waals surface area contributed by atoms with Gasteiger partial charge in [0, 0.05) is 6.21 Å². The van der Waals surface area contributed by atoms with E-state index in [1.54, 1.807) is 36.6 Å². The van der Waals surface area contributed by atoms with Crippen LogP contribution in [-0.4, -0.2) is 20.4 Å². The van der Waals surface area contributed by atoms with Gasteiger partial charge >= 0.3 is 10.2 Å². The monoisotopic (exact) mass is 321 g/mol. The van der Waals surface area contributed by atoms with Gasteiger partial charge in [0.2, 0.25) is 0 Å². The molecule has 0 spiro atoms. The summed E-state index contributed by atoms with van der Waals surface area (Å²) in [5, 5.41) is 0.738. The highest BCUT2D eigenvalue weighted by atomic mass is 35.5. The van der Waals surface area contributed by atoms with Crippen LogP contribution in [0.1, 0.15) is 12.0 Å². The van der Waals surface area contributed by atoms with Crippen molar-refractivity contribution < 1.29 is 12.3 Å². The van der Waals surface area contributed by atoms with E-state index < -0.39 is 21.5 Å². The maximum Gasteiger partial charge on any atom is 0.302 e. The van der Waals surface area contributed by atoms with Crippen LogP contribution in [0.4, 0.5) is 3.89 Å².